The van der Waals surface area contributed by atoms with Crippen LogP contribution in [-0.2, 0) is 9.84 Å². The number of hydrogen-bond donors (Lipinski definition) is 1. The van der Waals surface area contributed by atoms with Crippen LogP contribution in [0.1, 0.15) is 15.9 Å². The summed E-state index contributed by atoms with van der Waals surface area (Å²) in [6, 6.07) is 13.6. The highest BCUT2D eigenvalue weighted by Crippen LogP contribution is 2.27. The number of carbonyl (C=O) groups is 1. The molecule has 0 spiro atoms. The first kappa shape index (κ1) is 15.6. The first-order valence-electron chi connectivity index (χ1n) is 7.34. The topological polar surface area (TPSA) is 74.7 Å². The first-order valence-corrected chi connectivity index (χ1v) is 9.16. The van der Waals surface area contributed by atoms with Gasteiger partial charge in [-0.15, -0.1) is 0 Å². The van der Waals surface area contributed by atoms with Crippen molar-refractivity contribution in [1.29, 1.82) is 0 Å². The van der Waals surface area contributed by atoms with E-state index in [2.05, 4.69) is 0 Å². The van der Waals surface area contributed by atoms with Crippen LogP contribution in [0.2, 0.25) is 0 Å². The minimum Gasteiger partial charge on any atom is -0.507 e. The number of rotatable bonds is 3. The van der Waals surface area contributed by atoms with Crippen molar-refractivity contribution in [3.8, 4) is 5.75 Å². The van der Waals surface area contributed by atoms with E-state index in [1.54, 1.807) is 36.4 Å². The number of ketones is 1. The summed E-state index contributed by atoms with van der Waals surface area (Å²) < 4.78 is 22.9. The average Bonchev–Trinajstić information content (AvgIpc) is 2.55. The van der Waals surface area contributed by atoms with E-state index >= 15 is 0 Å². The summed E-state index contributed by atoms with van der Waals surface area (Å²) >= 11 is 0. The Labute approximate surface area is 135 Å². The van der Waals surface area contributed by atoms with E-state index < -0.39 is 9.84 Å². The molecule has 1 aliphatic heterocycles. The zero-order chi connectivity index (χ0) is 16.4. The van der Waals surface area contributed by atoms with Gasteiger partial charge in [0.1, 0.15) is 5.75 Å². The maximum atomic E-state index is 12.4. The molecule has 5 nitrogen and oxygen atoms in total. The van der Waals surface area contributed by atoms with E-state index in [0.717, 1.165) is 5.69 Å². The molecule has 1 saturated heterocycles. The quantitative estimate of drug-likeness (QED) is 0.869. The lowest BCUT2D eigenvalue weighted by molar-refractivity contribution is 0.103. The van der Waals surface area contributed by atoms with Gasteiger partial charge in [-0.3, -0.25) is 4.79 Å². The van der Waals surface area contributed by atoms with Crippen LogP contribution in [0.15, 0.2) is 48.5 Å². The number of hydrogen-bond acceptors (Lipinski definition) is 5. The Bertz CT molecular complexity index is 817. The largest absolute Gasteiger partial charge is 0.507 e. The molecule has 1 aliphatic rings. The molecule has 120 valence electrons. The molecule has 2 aromatic carbocycles. The number of benzene rings is 2. The molecule has 1 heterocycles. The zero-order valence-electron chi connectivity index (χ0n) is 12.5. The van der Waals surface area contributed by atoms with E-state index in [9.17, 15) is 18.3 Å². The fourth-order valence-electron chi connectivity index (χ4n) is 2.62. The molecule has 0 bridgehead atoms. The van der Waals surface area contributed by atoms with Gasteiger partial charge in [0.25, 0.3) is 0 Å². The molecule has 0 unspecified atom stereocenters. The molecule has 0 saturated carbocycles. The van der Waals surface area contributed by atoms with Crippen LogP contribution in [0.3, 0.4) is 0 Å². The van der Waals surface area contributed by atoms with Gasteiger partial charge >= 0.3 is 0 Å². The van der Waals surface area contributed by atoms with Gasteiger partial charge in [-0.2, -0.15) is 0 Å². The van der Waals surface area contributed by atoms with Crippen molar-refractivity contribution >= 4 is 21.3 Å². The molecule has 0 atom stereocenters. The fourth-order valence-corrected chi connectivity index (χ4v) is 3.83. The highest BCUT2D eigenvalue weighted by Gasteiger charge is 2.23. The van der Waals surface area contributed by atoms with Crippen LogP contribution in [0.5, 0.6) is 5.75 Å². The smallest absolute Gasteiger partial charge is 0.196 e. The van der Waals surface area contributed by atoms with Gasteiger partial charge in [0, 0.05) is 30.4 Å². The van der Waals surface area contributed by atoms with Crippen molar-refractivity contribution in [2.24, 2.45) is 0 Å². The Morgan fingerprint density at radius 2 is 1.65 bits per heavy atom. The van der Waals surface area contributed by atoms with Crippen LogP contribution >= 0.6 is 0 Å². The zero-order valence-corrected chi connectivity index (χ0v) is 13.3. The van der Waals surface area contributed by atoms with E-state index in [0.29, 0.717) is 18.7 Å². The number of sulfone groups is 1. The van der Waals surface area contributed by atoms with Crippen LogP contribution in [-0.4, -0.2) is 43.9 Å². The molecule has 0 aliphatic carbocycles. The van der Waals surface area contributed by atoms with E-state index in [1.165, 1.54) is 6.07 Å². The van der Waals surface area contributed by atoms with Gasteiger partial charge in [-0.05, 0) is 12.1 Å². The van der Waals surface area contributed by atoms with E-state index in [4.69, 9.17) is 0 Å². The summed E-state index contributed by atoms with van der Waals surface area (Å²) in [5, 5.41) is 10.2. The maximum Gasteiger partial charge on any atom is 0.196 e. The second-order valence-electron chi connectivity index (χ2n) is 5.54. The highest BCUT2D eigenvalue weighted by atomic mass is 32.2. The van der Waals surface area contributed by atoms with E-state index in [-0.39, 0.29) is 28.6 Å². The molecule has 1 N–H and O–H groups in total. The Balaban J connectivity index is 1.83. The molecule has 3 rings (SSSR count). The number of nitrogens with zero attached hydrogens (tertiary/aromatic N) is 1. The second-order valence-corrected chi connectivity index (χ2v) is 7.84. The normalized spacial score (nSPS) is 17.0. The van der Waals surface area contributed by atoms with Gasteiger partial charge in [0.15, 0.2) is 15.6 Å². The van der Waals surface area contributed by atoms with Gasteiger partial charge < -0.3 is 10.0 Å². The fraction of sp³-hybridized carbons (Fsp3) is 0.235. The van der Waals surface area contributed by atoms with Gasteiger partial charge in [-0.25, -0.2) is 8.42 Å². The summed E-state index contributed by atoms with van der Waals surface area (Å²) in [4.78, 5) is 14.3. The molecule has 0 radical (unpaired) electrons. The van der Waals surface area contributed by atoms with Crippen LogP contribution < -0.4 is 4.90 Å². The second kappa shape index (κ2) is 6.04. The SMILES string of the molecule is O=C(c1ccccc1)c1ccc(N2CCS(=O)(=O)CC2)cc1O. The molecule has 6 heteroatoms. The minimum absolute atomic E-state index is 0.0928. The molecule has 0 amide bonds. The van der Waals surface area contributed by atoms with Crippen molar-refractivity contribution in [2.75, 3.05) is 29.5 Å². The molecule has 2 aromatic rings. The molecule has 23 heavy (non-hydrogen) atoms. The summed E-state index contributed by atoms with van der Waals surface area (Å²) in [6.07, 6.45) is 0. The lowest BCUT2D eigenvalue weighted by Crippen LogP contribution is -2.40. The summed E-state index contributed by atoms with van der Waals surface area (Å²) in [5.41, 5.74) is 1.48. The standard InChI is InChI=1S/C17H17NO4S/c19-16-12-14(18-8-10-23(21,22)11-9-18)6-7-15(16)17(20)13-4-2-1-3-5-13/h1-7,12,19H,8-11H2. The monoisotopic (exact) mass is 331 g/mol. The lowest BCUT2D eigenvalue weighted by atomic mass is 10.0. The summed E-state index contributed by atoms with van der Waals surface area (Å²) in [7, 11) is -2.95. The van der Waals surface area contributed by atoms with Gasteiger partial charge in [-0.1, -0.05) is 30.3 Å². The third-order valence-corrected chi connectivity index (χ3v) is 5.58. The summed E-state index contributed by atoms with van der Waals surface area (Å²) in [5.74, 6) is -0.114. The predicted octanol–water partition coefficient (Wildman–Crippen LogP) is 1.86. The van der Waals surface area contributed by atoms with Crippen LogP contribution in [0.4, 0.5) is 5.69 Å². The first-order chi connectivity index (χ1) is 11.0. The minimum atomic E-state index is -2.95. The highest BCUT2D eigenvalue weighted by molar-refractivity contribution is 7.91. The third kappa shape index (κ3) is 3.37. The Hall–Kier alpha value is -2.34. The molecule has 1 fully saturated rings. The predicted molar refractivity (Wildman–Crippen MR) is 88.8 cm³/mol. The summed E-state index contributed by atoms with van der Waals surface area (Å²) in [6.45, 7) is 0.793. The van der Waals surface area contributed by atoms with Crippen LogP contribution in [0, 0.1) is 0 Å². The maximum absolute atomic E-state index is 12.4. The number of phenols is 1. The Morgan fingerprint density at radius 1 is 1.00 bits per heavy atom. The van der Waals surface area contributed by atoms with Crippen molar-refractivity contribution < 1.29 is 18.3 Å². The Kier molecular flexibility index (Phi) is 4.09. The van der Waals surface area contributed by atoms with Crippen LogP contribution in [0.25, 0.3) is 0 Å². The van der Waals surface area contributed by atoms with Crippen molar-refractivity contribution in [3.63, 3.8) is 0 Å². The molecular formula is C17H17NO4S. The average molecular weight is 331 g/mol. The Morgan fingerprint density at radius 3 is 2.26 bits per heavy atom. The van der Waals surface area contributed by atoms with E-state index in [1.807, 2.05) is 11.0 Å². The van der Waals surface area contributed by atoms with Crippen molar-refractivity contribution in [2.45, 2.75) is 0 Å². The van der Waals surface area contributed by atoms with Gasteiger partial charge in [0.2, 0.25) is 0 Å². The third-order valence-electron chi connectivity index (χ3n) is 3.97. The molecular weight excluding hydrogens is 314 g/mol. The number of carbonyl (C=O) groups excluding carboxylic acids is 1. The number of phenolic OH excluding ortho intramolecular Hbond substituents is 1. The van der Waals surface area contributed by atoms with Crippen molar-refractivity contribution in [3.05, 3.63) is 59.7 Å². The number of anilines is 1. The molecule has 0 aromatic heterocycles. The number of aromatic hydroxyl groups is 1. The van der Waals surface area contributed by atoms with Gasteiger partial charge in [0.05, 0.1) is 17.1 Å². The van der Waals surface area contributed by atoms with Crippen molar-refractivity contribution in [1.82, 2.24) is 0 Å². The lowest BCUT2D eigenvalue weighted by Gasteiger charge is -2.29.